The van der Waals surface area contributed by atoms with Gasteiger partial charge in [0, 0.05) is 58.1 Å². The normalized spacial score (nSPS) is 14.4. The molecule has 7 aromatic rings. The average molecular weight is 632 g/mol. The van der Waals surface area contributed by atoms with Crippen LogP contribution in [0, 0.1) is 0 Å². The summed E-state index contributed by atoms with van der Waals surface area (Å²) in [4.78, 5) is 11.1. The van der Waals surface area contributed by atoms with E-state index in [2.05, 4.69) is 170 Å². The van der Waals surface area contributed by atoms with E-state index >= 15 is 0 Å². The molecular formula is C46H37N3. The van der Waals surface area contributed by atoms with Crippen molar-refractivity contribution >= 4 is 17.1 Å². The van der Waals surface area contributed by atoms with Crippen molar-refractivity contribution in [2.24, 2.45) is 0 Å². The second kappa shape index (κ2) is 10.9. The second-order valence-electron chi connectivity index (χ2n) is 14.3. The Bertz CT molecular complexity index is 2220. The molecule has 0 N–H and O–H groups in total. The predicted octanol–water partition coefficient (Wildman–Crippen LogP) is 11.9. The van der Waals surface area contributed by atoms with Gasteiger partial charge in [-0.25, -0.2) is 0 Å². The number of rotatable bonds is 5. The van der Waals surface area contributed by atoms with Crippen LogP contribution >= 0.6 is 0 Å². The highest BCUT2D eigenvalue weighted by molar-refractivity contribution is 5.99. The van der Waals surface area contributed by atoms with Gasteiger partial charge in [0.15, 0.2) is 0 Å². The first-order valence-corrected chi connectivity index (χ1v) is 17.1. The molecule has 0 amide bonds. The number of anilines is 3. The Hall–Kier alpha value is -5.80. The summed E-state index contributed by atoms with van der Waals surface area (Å²) in [6, 6.07) is 46.9. The number of pyridine rings is 2. The van der Waals surface area contributed by atoms with E-state index in [1.165, 1.54) is 66.8 Å². The quantitative estimate of drug-likeness (QED) is 0.189. The Balaban J connectivity index is 1.31. The number of aromatic nitrogens is 2. The Kier molecular flexibility index (Phi) is 6.51. The van der Waals surface area contributed by atoms with Gasteiger partial charge in [-0.05, 0) is 92.0 Å². The summed E-state index contributed by atoms with van der Waals surface area (Å²) < 4.78 is 0. The number of nitrogens with zero attached hydrogens (tertiary/aromatic N) is 3. The molecule has 3 nitrogen and oxygen atoms in total. The van der Waals surface area contributed by atoms with Crippen LogP contribution in [-0.4, -0.2) is 9.97 Å². The zero-order valence-corrected chi connectivity index (χ0v) is 28.3. The molecule has 5 aromatic carbocycles. The van der Waals surface area contributed by atoms with Crippen LogP contribution in [0.4, 0.5) is 17.1 Å². The van der Waals surface area contributed by atoms with Crippen molar-refractivity contribution in [2.75, 3.05) is 4.90 Å². The van der Waals surface area contributed by atoms with E-state index in [1.807, 2.05) is 24.8 Å². The Labute approximate surface area is 288 Å². The van der Waals surface area contributed by atoms with E-state index in [0.717, 1.165) is 17.1 Å². The monoisotopic (exact) mass is 631 g/mol. The van der Waals surface area contributed by atoms with Gasteiger partial charge in [-0.3, -0.25) is 9.97 Å². The topological polar surface area (TPSA) is 29.0 Å². The second-order valence-corrected chi connectivity index (χ2v) is 14.3. The number of para-hydroxylation sites is 1. The van der Waals surface area contributed by atoms with Gasteiger partial charge in [-0.2, -0.15) is 0 Å². The maximum absolute atomic E-state index is 4.39. The van der Waals surface area contributed by atoms with Gasteiger partial charge in [-0.15, -0.1) is 0 Å². The van der Waals surface area contributed by atoms with Gasteiger partial charge in [0.05, 0.1) is 5.69 Å². The van der Waals surface area contributed by atoms with Crippen LogP contribution in [0.25, 0.3) is 44.5 Å². The minimum Gasteiger partial charge on any atom is -0.309 e. The van der Waals surface area contributed by atoms with Crippen LogP contribution in [-0.2, 0) is 10.8 Å². The zero-order chi connectivity index (χ0) is 33.3. The van der Waals surface area contributed by atoms with Crippen LogP contribution in [0.15, 0.2) is 152 Å². The average Bonchev–Trinajstić information content (AvgIpc) is 3.52. The van der Waals surface area contributed by atoms with Gasteiger partial charge in [0.25, 0.3) is 0 Å². The van der Waals surface area contributed by atoms with E-state index < -0.39 is 0 Å². The summed E-state index contributed by atoms with van der Waals surface area (Å²) in [6.07, 6.45) is 7.48. The lowest BCUT2D eigenvalue weighted by Crippen LogP contribution is -2.16. The fourth-order valence-corrected chi connectivity index (χ4v) is 8.39. The standard InChI is InChI=1S/C46H37N3/c1-45(2)40-14-7-5-10-36(40)38-18-16-30(28-42(38)45)34-12-9-13-35(44(34)49(32-20-24-47-25-21-32)33-22-26-48-27-23-33)31-17-19-39-37-11-6-8-15-41(37)46(3,4)43(39)29-31/h5-29H,1-4H3. The molecule has 2 heterocycles. The molecule has 0 aliphatic heterocycles. The number of benzene rings is 5. The lowest BCUT2D eigenvalue weighted by molar-refractivity contribution is 0.660. The van der Waals surface area contributed by atoms with Gasteiger partial charge < -0.3 is 4.90 Å². The Morgan fingerprint density at radius 1 is 0.388 bits per heavy atom. The largest absolute Gasteiger partial charge is 0.309 e. The smallest absolute Gasteiger partial charge is 0.0618 e. The number of fused-ring (bicyclic) bond motifs is 6. The maximum atomic E-state index is 4.39. The van der Waals surface area contributed by atoms with Crippen molar-refractivity contribution < 1.29 is 0 Å². The van der Waals surface area contributed by atoms with Crippen LogP contribution in [0.2, 0.25) is 0 Å². The first kappa shape index (κ1) is 29.3. The molecule has 236 valence electrons. The summed E-state index contributed by atoms with van der Waals surface area (Å²) in [5, 5.41) is 0. The molecule has 0 spiro atoms. The molecule has 0 saturated carbocycles. The third kappa shape index (κ3) is 4.42. The third-order valence-corrected chi connectivity index (χ3v) is 10.9. The molecular weight excluding hydrogens is 595 g/mol. The first-order valence-electron chi connectivity index (χ1n) is 17.1. The van der Waals surface area contributed by atoms with Crippen molar-refractivity contribution in [3.05, 3.63) is 174 Å². The molecule has 0 fully saturated rings. The van der Waals surface area contributed by atoms with Crippen molar-refractivity contribution in [1.29, 1.82) is 0 Å². The highest BCUT2D eigenvalue weighted by Crippen LogP contribution is 2.54. The van der Waals surface area contributed by atoms with E-state index in [0.29, 0.717) is 0 Å². The number of hydrogen-bond donors (Lipinski definition) is 0. The SMILES string of the molecule is CC1(C)c2ccccc2-c2ccc(-c3cccc(-c4ccc5c(c4)C(C)(C)c4ccccc4-5)c3N(c3ccncc3)c3ccncc3)cc21. The molecule has 0 saturated heterocycles. The summed E-state index contributed by atoms with van der Waals surface area (Å²) >= 11 is 0. The molecule has 2 aliphatic carbocycles. The lowest BCUT2D eigenvalue weighted by atomic mass is 9.80. The molecule has 2 aliphatic rings. The van der Waals surface area contributed by atoms with Crippen LogP contribution in [0.1, 0.15) is 49.9 Å². The van der Waals surface area contributed by atoms with Gasteiger partial charge in [0.1, 0.15) is 0 Å². The molecule has 49 heavy (non-hydrogen) atoms. The van der Waals surface area contributed by atoms with Crippen molar-refractivity contribution in [3.8, 4) is 44.5 Å². The van der Waals surface area contributed by atoms with Crippen LogP contribution < -0.4 is 4.90 Å². The third-order valence-electron chi connectivity index (χ3n) is 10.9. The molecule has 3 heteroatoms. The zero-order valence-electron chi connectivity index (χ0n) is 28.3. The summed E-state index contributed by atoms with van der Waals surface area (Å²) in [5.41, 5.74) is 18.5. The highest BCUT2D eigenvalue weighted by Gasteiger charge is 2.37. The van der Waals surface area contributed by atoms with Crippen molar-refractivity contribution in [2.45, 2.75) is 38.5 Å². The first-order chi connectivity index (χ1) is 23.8. The molecule has 0 unspecified atom stereocenters. The van der Waals surface area contributed by atoms with Gasteiger partial charge >= 0.3 is 0 Å². The Morgan fingerprint density at radius 3 is 1.22 bits per heavy atom. The molecule has 0 radical (unpaired) electrons. The van der Waals surface area contributed by atoms with E-state index in [4.69, 9.17) is 0 Å². The minimum atomic E-state index is -0.101. The highest BCUT2D eigenvalue weighted by atomic mass is 15.1. The summed E-state index contributed by atoms with van der Waals surface area (Å²) in [6.45, 7) is 9.40. The van der Waals surface area contributed by atoms with E-state index in [-0.39, 0.29) is 10.8 Å². The molecule has 9 rings (SSSR count). The summed E-state index contributed by atoms with van der Waals surface area (Å²) in [7, 11) is 0. The minimum absolute atomic E-state index is 0.101. The van der Waals surface area contributed by atoms with Gasteiger partial charge in [0.2, 0.25) is 0 Å². The molecule has 0 bridgehead atoms. The molecule has 0 atom stereocenters. The van der Waals surface area contributed by atoms with E-state index in [9.17, 15) is 0 Å². The van der Waals surface area contributed by atoms with Gasteiger partial charge in [-0.1, -0.05) is 119 Å². The van der Waals surface area contributed by atoms with Crippen LogP contribution in [0.5, 0.6) is 0 Å². The van der Waals surface area contributed by atoms with Crippen molar-refractivity contribution in [3.63, 3.8) is 0 Å². The fraction of sp³-hybridized carbons (Fsp3) is 0.130. The Morgan fingerprint density at radius 2 is 0.776 bits per heavy atom. The molecule has 2 aromatic heterocycles. The summed E-state index contributed by atoms with van der Waals surface area (Å²) in [5.74, 6) is 0. The van der Waals surface area contributed by atoms with Crippen molar-refractivity contribution in [1.82, 2.24) is 9.97 Å². The number of hydrogen-bond acceptors (Lipinski definition) is 3. The van der Waals surface area contributed by atoms with E-state index in [1.54, 1.807) is 0 Å². The maximum Gasteiger partial charge on any atom is 0.0618 e. The predicted molar refractivity (Wildman–Crippen MR) is 203 cm³/mol. The lowest BCUT2D eigenvalue weighted by Gasteiger charge is -2.31. The van der Waals surface area contributed by atoms with Crippen LogP contribution in [0.3, 0.4) is 0 Å². The fourth-order valence-electron chi connectivity index (χ4n) is 8.39.